The average Bonchev–Trinajstić information content (AvgIpc) is 2.34. The van der Waals surface area contributed by atoms with Gasteiger partial charge in [0.15, 0.2) is 0 Å². The van der Waals surface area contributed by atoms with E-state index in [2.05, 4.69) is 29.6 Å². The quantitative estimate of drug-likeness (QED) is 0.582. The predicted molar refractivity (Wildman–Crippen MR) is 78.2 cm³/mol. The van der Waals surface area contributed by atoms with Crippen molar-refractivity contribution in [2.75, 3.05) is 25.1 Å². The minimum atomic E-state index is -0.692. The van der Waals surface area contributed by atoms with Crippen LogP contribution in [-0.4, -0.2) is 34.6 Å². The highest BCUT2D eigenvalue weighted by Gasteiger charge is 2.04. The van der Waals surface area contributed by atoms with Crippen LogP contribution in [0.25, 0.3) is 0 Å². The Labute approximate surface area is 111 Å². The van der Waals surface area contributed by atoms with Gasteiger partial charge in [0.1, 0.15) is 0 Å². The summed E-state index contributed by atoms with van der Waals surface area (Å²) in [5.74, 6) is 1.08. The molecule has 2 unspecified atom stereocenters. The molecule has 0 aromatic heterocycles. The van der Waals surface area contributed by atoms with E-state index in [-0.39, 0.29) is 0 Å². The normalized spacial score (nSPS) is 14.5. The molecule has 0 saturated heterocycles. The Morgan fingerprint density at radius 2 is 2.00 bits per heavy atom. The van der Waals surface area contributed by atoms with Crippen LogP contribution in [0, 0.1) is 0 Å². The molecule has 0 saturated carbocycles. The van der Waals surface area contributed by atoms with E-state index in [0.29, 0.717) is 5.25 Å². The Hall–Kier alpha value is -0.320. The molecule has 0 aliphatic carbocycles. The maximum Gasteiger partial charge on any atom is 0.0329 e. The van der Waals surface area contributed by atoms with Gasteiger partial charge in [0.25, 0.3) is 0 Å². The molecule has 0 aliphatic rings. The van der Waals surface area contributed by atoms with Gasteiger partial charge < -0.3 is 5.32 Å². The maximum absolute atomic E-state index is 11.1. The zero-order valence-electron chi connectivity index (χ0n) is 10.5. The number of hydrogen-bond donors (Lipinski definition) is 1. The first-order valence-corrected chi connectivity index (χ1v) is 8.51. The van der Waals surface area contributed by atoms with Crippen LogP contribution in [0.3, 0.4) is 0 Å². The molecular weight excluding hydrogens is 250 g/mol. The van der Waals surface area contributed by atoms with Crippen molar-refractivity contribution in [2.45, 2.75) is 23.5 Å². The Morgan fingerprint density at radius 3 is 2.65 bits per heavy atom. The highest BCUT2D eigenvalue weighted by atomic mass is 32.2. The van der Waals surface area contributed by atoms with Crippen molar-refractivity contribution in [3.63, 3.8) is 0 Å². The van der Waals surface area contributed by atoms with Crippen LogP contribution in [0.15, 0.2) is 35.2 Å². The predicted octanol–water partition coefficient (Wildman–Crippen LogP) is 2.53. The van der Waals surface area contributed by atoms with Gasteiger partial charge >= 0.3 is 0 Å². The Balaban J connectivity index is 2.00. The van der Waals surface area contributed by atoms with Crippen LogP contribution in [0.1, 0.15) is 13.3 Å². The Morgan fingerprint density at radius 1 is 1.29 bits per heavy atom. The molecule has 0 radical (unpaired) electrons. The minimum absolute atomic E-state index is 0.296. The van der Waals surface area contributed by atoms with Gasteiger partial charge in [0, 0.05) is 39.5 Å². The van der Waals surface area contributed by atoms with Gasteiger partial charge in [-0.2, -0.15) is 0 Å². The lowest BCUT2D eigenvalue weighted by atomic mass is 10.3. The summed E-state index contributed by atoms with van der Waals surface area (Å²) in [5.41, 5.74) is 0. The molecule has 0 aliphatic heterocycles. The first-order valence-electron chi connectivity index (χ1n) is 5.91. The lowest BCUT2D eigenvalue weighted by Gasteiger charge is -2.08. The molecule has 1 N–H and O–H groups in total. The lowest BCUT2D eigenvalue weighted by Crippen LogP contribution is -2.23. The van der Waals surface area contributed by atoms with Gasteiger partial charge in [-0.25, -0.2) is 0 Å². The number of rotatable bonds is 8. The summed E-state index contributed by atoms with van der Waals surface area (Å²) >= 11 is 1.86. The number of nitrogens with one attached hydrogen (secondary N) is 1. The molecule has 4 heteroatoms. The Bertz CT molecular complexity index is 329. The van der Waals surface area contributed by atoms with Gasteiger partial charge in [-0.3, -0.25) is 4.21 Å². The minimum Gasteiger partial charge on any atom is -0.316 e. The van der Waals surface area contributed by atoms with Gasteiger partial charge in [-0.15, -0.1) is 11.8 Å². The van der Waals surface area contributed by atoms with E-state index in [4.69, 9.17) is 0 Å². The van der Waals surface area contributed by atoms with Crippen molar-refractivity contribution in [1.29, 1.82) is 0 Å². The van der Waals surface area contributed by atoms with E-state index in [0.717, 1.165) is 25.3 Å². The van der Waals surface area contributed by atoms with Crippen molar-refractivity contribution < 1.29 is 4.21 Å². The standard InChI is InChI=1S/C13H21NOS2/c1-12(17(2)15)8-9-14-10-11-16-13-6-4-3-5-7-13/h3-7,12,14H,8-11H2,1-2H3. The van der Waals surface area contributed by atoms with Crippen LogP contribution in [0.4, 0.5) is 0 Å². The SMILES string of the molecule is CC(CCNCCSc1ccccc1)S(C)=O. The van der Waals surface area contributed by atoms with Crippen LogP contribution in [0.2, 0.25) is 0 Å². The first-order chi connectivity index (χ1) is 8.20. The van der Waals surface area contributed by atoms with Crippen molar-refractivity contribution in [2.24, 2.45) is 0 Å². The van der Waals surface area contributed by atoms with Crippen molar-refractivity contribution in [3.8, 4) is 0 Å². The molecule has 96 valence electrons. The second kappa shape index (κ2) is 8.72. The molecule has 0 heterocycles. The molecule has 0 spiro atoms. The van der Waals surface area contributed by atoms with E-state index < -0.39 is 10.8 Å². The lowest BCUT2D eigenvalue weighted by molar-refractivity contribution is 0.643. The zero-order chi connectivity index (χ0) is 12.5. The summed E-state index contributed by atoms with van der Waals surface area (Å²) in [6, 6.07) is 10.4. The molecular formula is C13H21NOS2. The second-order valence-electron chi connectivity index (χ2n) is 4.01. The van der Waals surface area contributed by atoms with Crippen LogP contribution < -0.4 is 5.32 Å². The van der Waals surface area contributed by atoms with E-state index in [1.165, 1.54) is 4.90 Å². The topological polar surface area (TPSA) is 29.1 Å². The fraction of sp³-hybridized carbons (Fsp3) is 0.538. The third-order valence-electron chi connectivity index (χ3n) is 2.59. The number of thioether (sulfide) groups is 1. The van der Waals surface area contributed by atoms with Crippen molar-refractivity contribution >= 4 is 22.6 Å². The molecule has 1 rings (SSSR count). The summed E-state index contributed by atoms with van der Waals surface area (Å²) in [6.45, 7) is 4.00. The highest BCUT2D eigenvalue weighted by Crippen LogP contribution is 2.15. The summed E-state index contributed by atoms with van der Waals surface area (Å²) in [7, 11) is -0.692. The molecule has 0 fully saturated rings. The fourth-order valence-corrected chi connectivity index (χ4v) is 2.64. The molecule has 2 atom stereocenters. The smallest absolute Gasteiger partial charge is 0.0329 e. The molecule has 2 nitrogen and oxygen atoms in total. The maximum atomic E-state index is 11.1. The molecule has 0 amide bonds. The number of benzene rings is 1. The fourth-order valence-electron chi connectivity index (χ4n) is 1.35. The van der Waals surface area contributed by atoms with Crippen molar-refractivity contribution in [3.05, 3.63) is 30.3 Å². The average molecular weight is 271 g/mol. The van der Waals surface area contributed by atoms with E-state index in [9.17, 15) is 4.21 Å². The summed E-state index contributed by atoms with van der Waals surface area (Å²) in [6.07, 6.45) is 2.76. The van der Waals surface area contributed by atoms with Crippen LogP contribution in [-0.2, 0) is 10.8 Å². The number of hydrogen-bond acceptors (Lipinski definition) is 3. The first kappa shape index (κ1) is 14.7. The molecule has 0 bridgehead atoms. The zero-order valence-corrected chi connectivity index (χ0v) is 12.2. The second-order valence-corrected chi connectivity index (χ2v) is 6.98. The van der Waals surface area contributed by atoms with Crippen molar-refractivity contribution in [1.82, 2.24) is 5.32 Å². The summed E-state index contributed by atoms with van der Waals surface area (Å²) in [4.78, 5) is 1.32. The van der Waals surface area contributed by atoms with E-state index in [1.807, 2.05) is 24.8 Å². The third-order valence-corrected chi connectivity index (χ3v) is 4.97. The van der Waals surface area contributed by atoms with Gasteiger partial charge in [-0.05, 0) is 25.1 Å². The monoisotopic (exact) mass is 271 g/mol. The van der Waals surface area contributed by atoms with E-state index in [1.54, 1.807) is 6.26 Å². The summed E-state index contributed by atoms with van der Waals surface area (Å²) in [5, 5.41) is 3.68. The van der Waals surface area contributed by atoms with Crippen LogP contribution >= 0.6 is 11.8 Å². The molecule has 1 aromatic rings. The van der Waals surface area contributed by atoms with E-state index >= 15 is 0 Å². The van der Waals surface area contributed by atoms with Gasteiger partial charge in [0.05, 0.1) is 0 Å². The molecule has 1 aromatic carbocycles. The summed E-state index contributed by atoms with van der Waals surface area (Å²) < 4.78 is 11.1. The highest BCUT2D eigenvalue weighted by molar-refractivity contribution is 7.99. The van der Waals surface area contributed by atoms with Crippen LogP contribution in [0.5, 0.6) is 0 Å². The largest absolute Gasteiger partial charge is 0.316 e. The van der Waals surface area contributed by atoms with Gasteiger partial charge in [-0.1, -0.05) is 25.1 Å². The molecule has 17 heavy (non-hydrogen) atoms. The third kappa shape index (κ3) is 6.86. The van der Waals surface area contributed by atoms with Gasteiger partial charge in [0.2, 0.25) is 0 Å². The Kier molecular flexibility index (Phi) is 7.56.